The summed E-state index contributed by atoms with van der Waals surface area (Å²) in [5, 5.41) is 0.769. The Morgan fingerprint density at radius 2 is 1.77 bits per heavy atom. The van der Waals surface area contributed by atoms with Crippen molar-refractivity contribution in [3.8, 4) is 5.75 Å². The SMILES string of the molecule is CCOc1ccc(Cc2cc(C3C[C@H](CC)[C@@H](C)[C@H](C)[C@H]3OC(C)=O)ccc2Cl)cc1. The number of ether oxygens (including phenoxy) is 2. The molecule has 31 heavy (non-hydrogen) atoms. The molecule has 3 nitrogen and oxygen atoms in total. The molecule has 168 valence electrons. The fourth-order valence-corrected chi connectivity index (χ4v) is 5.25. The van der Waals surface area contributed by atoms with Crippen molar-refractivity contribution in [2.45, 2.75) is 65.9 Å². The Hall–Kier alpha value is -2.00. The summed E-state index contributed by atoms with van der Waals surface area (Å²) in [5.74, 6) is 2.34. The standard InChI is InChI=1S/C27H35ClO3/c1-6-21-16-25(27(31-19(5)29)18(4)17(21)3)22-10-13-26(28)23(15-22)14-20-8-11-24(12-9-20)30-7-2/h8-13,15,17-18,21,25,27H,6-7,14,16H2,1-5H3/t17-,18-,21-,25?,27+/m0/s1. The minimum Gasteiger partial charge on any atom is -0.494 e. The van der Waals surface area contributed by atoms with E-state index in [1.165, 1.54) is 18.1 Å². The third-order valence-corrected chi connectivity index (χ3v) is 7.37. The minimum absolute atomic E-state index is 0.102. The number of esters is 1. The van der Waals surface area contributed by atoms with Gasteiger partial charge in [0.05, 0.1) is 6.61 Å². The molecular formula is C27H35ClO3. The molecule has 0 radical (unpaired) electrons. The van der Waals surface area contributed by atoms with Crippen LogP contribution in [0.25, 0.3) is 0 Å². The number of benzene rings is 2. The van der Waals surface area contributed by atoms with Crippen LogP contribution in [0.4, 0.5) is 0 Å². The minimum atomic E-state index is -0.201. The Morgan fingerprint density at radius 1 is 1.06 bits per heavy atom. The molecule has 0 spiro atoms. The van der Waals surface area contributed by atoms with Gasteiger partial charge in [-0.2, -0.15) is 0 Å². The number of carbonyl (C=O) groups excluding carboxylic acids is 1. The van der Waals surface area contributed by atoms with Gasteiger partial charge in [-0.25, -0.2) is 0 Å². The van der Waals surface area contributed by atoms with Crippen LogP contribution in [0.5, 0.6) is 5.75 Å². The Bertz CT molecular complexity index is 877. The average molecular weight is 443 g/mol. The largest absolute Gasteiger partial charge is 0.494 e. The lowest BCUT2D eigenvalue weighted by Gasteiger charge is -2.44. The lowest BCUT2D eigenvalue weighted by Crippen LogP contribution is -2.42. The van der Waals surface area contributed by atoms with E-state index in [-0.39, 0.29) is 18.0 Å². The van der Waals surface area contributed by atoms with Crippen molar-refractivity contribution >= 4 is 17.6 Å². The van der Waals surface area contributed by atoms with Crippen molar-refractivity contribution in [1.29, 1.82) is 0 Å². The fourth-order valence-electron chi connectivity index (χ4n) is 5.07. The Morgan fingerprint density at radius 3 is 2.39 bits per heavy atom. The molecule has 5 atom stereocenters. The molecule has 1 fully saturated rings. The molecule has 1 aliphatic rings. The normalized spacial score (nSPS) is 25.8. The molecule has 4 heteroatoms. The van der Waals surface area contributed by atoms with Gasteiger partial charge in [0.1, 0.15) is 11.9 Å². The highest BCUT2D eigenvalue weighted by molar-refractivity contribution is 6.31. The molecule has 0 saturated heterocycles. The molecule has 0 aromatic heterocycles. The van der Waals surface area contributed by atoms with Crippen molar-refractivity contribution in [2.24, 2.45) is 17.8 Å². The van der Waals surface area contributed by atoms with E-state index in [1.54, 1.807) is 0 Å². The predicted molar refractivity (Wildman–Crippen MR) is 127 cm³/mol. The molecule has 1 aliphatic carbocycles. The topological polar surface area (TPSA) is 35.5 Å². The van der Waals surface area contributed by atoms with E-state index in [1.807, 2.05) is 25.1 Å². The van der Waals surface area contributed by atoms with Gasteiger partial charge >= 0.3 is 5.97 Å². The molecule has 0 N–H and O–H groups in total. The van der Waals surface area contributed by atoms with Crippen molar-refractivity contribution < 1.29 is 14.3 Å². The summed E-state index contributed by atoms with van der Waals surface area (Å²) in [6.45, 7) is 10.9. The maximum atomic E-state index is 11.9. The van der Waals surface area contributed by atoms with Crippen LogP contribution in [-0.4, -0.2) is 18.7 Å². The summed E-state index contributed by atoms with van der Waals surface area (Å²) in [7, 11) is 0. The molecule has 1 unspecified atom stereocenters. The second-order valence-electron chi connectivity index (χ2n) is 8.91. The first kappa shape index (κ1) is 23.7. The summed E-state index contributed by atoms with van der Waals surface area (Å²) >= 11 is 6.58. The third-order valence-electron chi connectivity index (χ3n) is 7.00. The van der Waals surface area contributed by atoms with Gasteiger partial charge in [0.2, 0.25) is 0 Å². The zero-order valence-electron chi connectivity index (χ0n) is 19.4. The van der Waals surface area contributed by atoms with E-state index < -0.39 is 0 Å². The van der Waals surface area contributed by atoms with Crippen LogP contribution in [0, 0.1) is 17.8 Å². The monoisotopic (exact) mass is 442 g/mol. The second-order valence-corrected chi connectivity index (χ2v) is 9.31. The highest BCUT2D eigenvalue weighted by atomic mass is 35.5. The van der Waals surface area contributed by atoms with Crippen molar-refractivity contribution in [2.75, 3.05) is 6.61 Å². The quantitative estimate of drug-likeness (QED) is 0.431. The first-order chi connectivity index (χ1) is 14.8. The van der Waals surface area contributed by atoms with Crippen LogP contribution in [0.3, 0.4) is 0 Å². The third kappa shape index (κ3) is 5.63. The number of halogens is 1. The van der Waals surface area contributed by atoms with Gasteiger partial charge in [0.15, 0.2) is 0 Å². The molecule has 1 saturated carbocycles. The van der Waals surface area contributed by atoms with Crippen LogP contribution in [0.1, 0.15) is 70.1 Å². The lowest BCUT2D eigenvalue weighted by atomic mass is 9.64. The predicted octanol–water partition coefficient (Wildman–Crippen LogP) is 7.05. The van der Waals surface area contributed by atoms with E-state index in [0.717, 1.165) is 35.6 Å². The highest BCUT2D eigenvalue weighted by Crippen LogP contribution is 2.46. The Kier molecular flexibility index (Phi) is 8.05. The molecule has 2 aromatic rings. The molecule has 0 bridgehead atoms. The van der Waals surface area contributed by atoms with Crippen molar-refractivity contribution in [3.63, 3.8) is 0 Å². The van der Waals surface area contributed by atoms with Crippen LogP contribution in [0.2, 0.25) is 5.02 Å². The zero-order chi connectivity index (χ0) is 22.5. The lowest BCUT2D eigenvalue weighted by molar-refractivity contribution is -0.155. The van der Waals surface area contributed by atoms with Gasteiger partial charge in [0, 0.05) is 17.9 Å². The van der Waals surface area contributed by atoms with Gasteiger partial charge < -0.3 is 9.47 Å². The molecule has 3 rings (SSSR count). The molecule has 2 aromatic carbocycles. The van der Waals surface area contributed by atoms with Gasteiger partial charge in [0.25, 0.3) is 0 Å². The molecule has 0 aliphatic heterocycles. The van der Waals surface area contributed by atoms with Crippen LogP contribution >= 0.6 is 11.6 Å². The average Bonchev–Trinajstić information content (AvgIpc) is 2.75. The maximum absolute atomic E-state index is 11.9. The number of hydrogen-bond donors (Lipinski definition) is 0. The van der Waals surface area contributed by atoms with E-state index >= 15 is 0 Å². The van der Waals surface area contributed by atoms with E-state index in [9.17, 15) is 4.79 Å². The maximum Gasteiger partial charge on any atom is 0.302 e. The fraction of sp³-hybridized carbons (Fsp3) is 0.519. The summed E-state index contributed by atoms with van der Waals surface area (Å²) < 4.78 is 11.4. The number of rotatable bonds is 7. The van der Waals surface area contributed by atoms with Crippen molar-refractivity contribution in [3.05, 3.63) is 64.2 Å². The zero-order valence-corrected chi connectivity index (χ0v) is 20.1. The molecule has 0 heterocycles. The smallest absolute Gasteiger partial charge is 0.302 e. The van der Waals surface area contributed by atoms with Crippen LogP contribution in [-0.2, 0) is 16.0 Å². The first-order valence-corrected chi connectivity index (χ1v) is 11.9. The summed E-state index contributed by atoms with van der Waals surface area (Å²) in [6.07, 6.45) is 2.83. The van der Waals surface area contributed by atoms with Gasteiger partial charge in [-0.05, 0) is 72.4 Å². The summed E-state index contributed by atoms with van der Waals surface area (Å²) in [5.41, 5.74) is 3.51. The second kappa shape index (κ2) is 10.5. The van der Waals surface area contributed by atoms with E-state index in [2.05, 4.69) is 45.0 Å². The van der Waals surface area contributed by atoms with Crippen molar-refractivity contribution in [1.82, 2.24) is 0 Å². The Labute approximate surface area is 192 Å². The van der Waals surface area contributed by atoms with Crippen LogP contribution in [0.15, 0.2) is 42.5 Å². The molecule has 0 amide bonds. The highest BCUT2D eigenvalue weighted by Gasteiger charge is 2.42. The first-order valence-electron chi connectivity index (χ1n) is 11.5. The Balaban J connectivity index is 1.89. The van der Waals surface area contributed by atoms with E-state index in [4.69, 9.17) is 21.1 Å². The van der Waals surface area contributed by atoms with E-state index in [0.29, 0.717) is 24.4 Å². The number of carbonyl (C=O) groups is 1. The van der Waals surface area contributed by atoms with Gasteiger partial charge in [-0.15, -0.1) is 0 Å². The van der Waals surface area contributed by atoms with Gasteiger partial charge in [-0.3, -0.25) is 4.79 Å². The van der Waals surface area contributed by atoms with Gasteiger partial charge in [-0.1, -0.05) is 63.1 Å². The summed E-state index contributed by atoms with van der Waals surface area (Å²) in [6, 6.07) is 14.5. The number of hydrogen-bond acceptors (Lipinski definition) is 3. The summed E-state index contributed by atoms with van der Waals surface area (Å²) in [4.78, 5) is 11.9. The molecular weight excluding hydrogens is 408 g/mol. The van der Waals surface area contributed by atoms with Crippen LogP contribution < -0.4 is 4.74 Å².